The molecule has 0 aliphatic carbocycles. The van der Waals surface area contributed by atoms with E-state index in [-0.39, 0.29) is 37.7 Å². The topological polar surface area (TPSA) is 34.1 Å². The third kappa shape index (κ3) is 40.5. The molecule has 0 aromatic carbocycles. The van der Waals surface area contributed by atoms with Crippen molar-refractivity contribution in [1.29, 1.82) is 0 Å². The standard InChI is InChI=1S/2Li.2Mn.2O.2H. The van der Waals surface area contributed by atoms with E-state index in [1.165, 1.54) is 0 Å². The van der Waals surface area contributed by atoms with Gasteiger partial charge in [0.25, 0.3) is 0 Å². The molecule has 0 saturated carbocycles. The van der Waals surface area contributed by atoms with Gasteiger partial charge in [0.1, 0.15) is 0 Å². The van der Waals surface area contributed by atoms with Crippen LogP contribution in [0.5, 0.6) is 0 Å². The minimum atomic E-state index is 0. The number of hydrogen-bond acceptors (Lipinski definition) is 2. The van der Waals surface area contributed by atoms with Gasteiger partial charge in [-0.05, 0) is 0 Å². The first kappa shape index (κ1) is 24.9. The molecule has 0 radical (unpaired) electrons. The second kappa shape index (κ2) is 69.2. The molecule has 0 fully saturated rings. The van der Waals surface area contributed by atoms with E-state index in [0.29, 0.717) is 0 Å². The number of hydrogen-bond donors (Lipinski definition) is 0. The van der Waals surface area contributed by atoms with E-state index < -0.39 is 0 Å². The fourth-order valence-electron chi connectivity index (χ4n) is 0. The first-order valence-corrected chi connectivity index (χ1v) is 1.27. The van der Waals surface area contributed by atoms with Gasteiger partial charge in [0.2, 0.25) is 0 Å². The molecule has 6 heteroatoms. The molecule has 6 heavy (non-hydrogen) atoms. The monoisotopic (exact) mass is 158 g/mol. The first-order valence-electron chi connectivity index (χ1n) is 0.309. The van der Waals surface area contributed by atoms with Gasteiger partial charge in [-0.15, -0.1) is 0 Å². The van der Waals surface area contributed by atoms with Gasteiger partial charge in [-0.2, -0.15) is 0 Å². The molecule has 0 heterocycles. The Bertz CT molecular complexity index is 11.5. The van der Waals surface area contributed by atoms with Gasteiger partial charge in [-0.3, -0.25) is 0 Å². The van der Waals surface area contributed by atoms with Crippen molar-refractivity contribution < 1.29 is 39.6 Å². The third-order valence-electron chi connectivity index (χ3n) is 0. The molecule has 0 bridgehead atoms. The molecule has 30 valence electrons. The summed E-state index contributed by atoms with van der Waals surface area (Å²) in [7, 11) is 0. The fourth-order valence-corrected chi connectivity index (χ4v) is 0. The van der Waals surface area contributed by atoms with Crippen molar-refractivity contribution in [3.63, 3.8) is 0 Å². The Balaban J connectivity index is -0.00000000500. The van der Waals surface area contributed by atoms with Crippen molar-refractivity contribution in [3.8, 4) is 0 Å². The Morgan fingerprint density at radius 2 is 0.667 bits per heavy atom. The summed E-state index contributed by atoms with van der Waals surface area (Å²) in [5.74, 6) is 0. The van der Waals surface area contributed by atoms with Crippen LogP contribution in [0.1, 0.15) is 0 Å². The van der Waals surface area contributed by atoms with Crippen LogP contribution in [-0.2, 0) is 39.6 Å². The molecule has 0 aliphatic heterocycles. The zero-order chi connectivity index (χ0) is 4.00. The van der Waals surface area contributed by atoms with Gasteiger partial charge in [0.05, 0.1) is 0 Å². The van der Waals surface area contributed by atoms with Crippen molar-refractivity contribution in [2.45, 2.75) is 0 Å². The Morgan fingerprint density at radius 3 is 0.667 bits per heavy atom. The van der Waals surface area contributed by atoms with Crippen molar-refractivity contribution in [3.05, 3.63) is 0 Å². The maximum atomic E-state index is 8.06. The Kier molecular flexibility index (Phi) is 287. The van der Waals surface area contributed by atoms with Crippen molar-refractivity contribution in [2.24, 2.45) is 0 Å². The summed E-state index contributed by atoms with van der Waals surface area (Å²) in [6, 6.07) is 0. The average Bonchev–Trinajstić information content (AvgIpc) is 1.50. The molecule has 0 aliphatic rings. The van der Waals surface area contributed by atoms with Crippen LogP contribution in [0.25, 0.3) is 0 Å². The van der Waals surface area contributed by atoms with Crippen molar-refractivity contribution >= 4 is 37.7 Å². The van der Waals surface area contributed by atoms with E-state index >= 15 is 0 Å². The molecule has 2 nitrogen and oxygen atoms in total. The molecule has 0 atom stereocenters. The first-order chi connectivity index (χ1) is 2.00. The second-order valence-corrected chi connectivity index (χ2v) is 0. The normalized spacial score (nSPS) is 1.33. The van der Waals surface area contributed by atoms with Gasteiger partial charge >= 0.3 is 77.3 Å². The molecule has 0 N–H and O–H groups in total. The molecule has 0 unspecified atom stereocenters. The van der Waals surface area contributed by atoms with E-state index in [1.807, 2.05) is 0 Å². The molecule has 0 rings (SSSR count). The van der Waals surface area contributed by atoms with Crippen molar-refractivity contribution in [1.82, 2.24) is 0 Å². The molecule has 0 amide bonds. The zero-order valence-corrected chi connectivity index (χ0v) is 3.93. The quantitative estimate of drug-likeness (QED) is 0.400. The molecular weight excluding hydrogens is 156 g/mol. The summed E-state index contributed by atoms with van der Waals surface area (Å²) in [4.78, 5) is 0. The summed E-state index contributed by atoms with van der Waals surface area (Å²) < 4.78 is 16.1. The van der Waals surface area contributed by atoms with Crippen LogP contribution >= 0.6 is 0 Å². The Labute approximate surface area is 76.6 Å². The second-order valence-electron chi connectivity index (χ2n) is 0. The predicted molar refractivity (Wildman–Crippen MR) is 15.7 cm³/mol. The number of rotatable bonds is 0. The summed E-state index contributed by atoms with van der Waals surface area (Å²) in [6.07, 6.45) is 0. The van der Waals surface area contributed by atoms with E-state index in [2.05, 4.69) is 0 Å². The molecule has 0 saturated heterocycles. The summed E-state index contributed by atoms with van der Waals surface area (Å²) >= 11 is 3.38. The summed E-state index contributed by atoms with van der Waals surface area (Å²) in [5.41, 5.74) is 0. The van der Waals surface area contributed by atoms with E-state index in [9.17, 15) is 0 Å². The van der Waals surface area contributed by atoms with Crippen LogP contribution < -0.4 is 0 Å². The van der Waals surface area contributed by atoms with E-state index in [0.717, 1.165) is 0 Å². The van der Waals surface area contributed by atoms with Crippen LogP contribution in [0.2, 0.25) is 0 Å². The van der Waals surface area contributed by atoms with E-state index in [4.69, 9.17) is 7.67 Å². The van der Waals surface area contributed by atoms with Crippen LogP contribution in [0.4, 0.5) is 0 Å². The van der Waals surface area contributed by atoms with Gasteiger partial charge in [0, 0.05) is 0 Å². The summed E-state index contributed by atoms with van der Waals surface area (Å²) in [5, 5.41) is 0. The third-order valence-corrected chi connectivity index (χ3v) is 0. The maximum absolute atomic E-state index is 8.06. The Hall–Kier alpha value is 1.83. The minimum absolute atomic E-state index is 0. The molecule has 0 spiro atoms. The van der Waals surface area contributed by atoms with Gasteiger partial charge in [-0.1, -0.05) is 0 Å². The SMILES string of the molecule is [LiH].[LiH].[O]=[Mn].[O]=[Mn]. The average molecular weight is 158 g/mol. The van der Waals surface area contributed by atoms with Crippen LogP contribution in [0, 0.1) is 0 Å². The van der Waals surface area contributed by atoms with Gasteiger partial charge in [0.15, 0.2) is 0 Å². The van der Waals surface area contributed by atoms with Crippen LogP contribution in [0.15, 0.2) is 0 Å². The van der Waals surface area contributed by atoms with Crippen LogP contribution in [-0.4, -0.2) is 37.7 Å². The van der Waals surface area contributed by atoms with Crippen molar-refractivity contribution in [2.75, 3.05) is 0 Å². The predicted octanol–water partition coefficient (Wildman–Crippen LogP) is -1.54. The van der Waals surface area contributed by atoms with Gasteiger partial charge < -0.3 is 0 Å². The molecule has 0 aromatic rings. The Morgan fingerprint density at radius 1 is 0.667 bits per heavy atom. The molecule has 0 aromatic heterocycles. The van der Waals surface area contributed by atoms with Crippen LogP contribution in [0.3, 0.4) is 0 Å². The van der Waals surface area contributed by atoms with Gasteiger partial charge in [-0.25, -0.2) is 0 Å². The molecular formula is H2Li2Mn2O2. The fraction of sp³-hybridized carbons (Fsp3) is 0. The zero-order valence-electron chi connectivity index (χ0n) is 1.57. The summed E-state index contributed by atoms with van der Waals surface area (Å²) in [6.45, 7) is 0. The van der Waals surface area contributed by atoms with E-state index in [1.54, 1.807) is 31.9 Å².